The van der Waals surface area contributed by atoms with Crippen LogP contribution in [0.4, 0.5) is 0 Å². The van der Waals surface area contributed by atoms with Gasteiger partial charge < -0.3 is 14.5 Å². The van der Waals surface area contributed by atoms with E-state index in [1.807, 2.05) is 29.2 Å². The van der Waals surface area contributed by atoms with E-state index in [0.717, 1.165) is 63.1 Å². The first-order valence-corrected chi connectivity index (χ1v) is 10.8. The molecule has 4 rings (SSSR count). The van der Waals surface area contributed by atoms with Crippen LogP contribution in [0.3, 0.4) is 0 Å². The lowest BCUT2D eigenvalue weighted by Crippen LogP contribution is -2.49. The highest BCUT2D eigenvalue weighted by Crippen LogP contribution is 2.43. The minimum atomic E-state index is -0.245. The van der Waals surface area contributed by atoms with Gasteiger partial charge in [-0.1, -0.05) is 31.2 Å². The quantitative estimate of drug-likeness (QED) is 0.728. The molecule has 2 aliphatic heterocycles. The molecule has 0 radical (unpaired) electrons. The van der Waals surface area contributed by atoms with E-state index in [1.165, 1.54) is 0 Å². The van der Waals surface area contributed by atoms with E-state index in [-0.39, 0.29) is 16.7 Å². The summed E-state index contributed by atoms with van der Waals surface area (Å²) in [7, 11) is 1.66. The minimum absolute atomic E-state index is 0.0354. The van der Waals surface area contributed by atoms with E-state index in [1.54, 1.807) is 7.11 Å². The Morgan fingerprint density at radius 3 is 2.45 bits per heavy atom. The molecule has 3 aliphatic rings. The molecule has 2 amide bonds. The maximum absolute atomic E-state index is 13.1. The van der Waals surface area contributed by atoms with Crippen LogP contribution in [-0.2, 0) is 16.1 Å². The number of nitrogens with zero attached hydrogens (tertiary/aromatic N) is 2. The predicted octanol–water partition coefficient (Wildman–Crippen LogP) is 3.78. The smallest absolute Gasteiger partial charge is 0.228 e. The van der Waals surface area contributed by atoms with Crippen LogP contribution in [0.5, 0.6) is 5.75 Å². The summed E-state index contributed by atoms with van der Waals surface area (Å²) in [5, 5.41) is 0. The average molecular weight is 397 g/mol. The van der Waals surface area contributed by atoms with E-state index >= 15 is 0 Å². The highest BCUT2D eigenvalue weighted by atomic mass is 16.5. The van der Waals surface area contributed by atoms with Crippen LogP contribution in [0.15, 0.2) is 36.4 Å². The number of hydrogen-bond acceptors (Lipinski definition) is 3. The van der Waals surface area contributed by atoms with Crippen molar-refractivity contribution in [3.05, 3.63) is 42.0 Å². The Hall–Kier alpha value is -2.30. The molecule has 0 N–H and O–H groups in total. The molecule has 0 bridgehead atoms. The Bertz CT molecular complexity index is 793. The number of carbonyl (C=O) groups is 2. The van der Waals surface area contributed by atoms with Gasteiger partial charge >= 0.3 is 0 Å². The Morgan fingerprint density at radius 2 is 1.83 bits per heavy atom. The van der Waals surface area contributed by atoms with Crippen molar-refractivity contribution in [2.75, 3.05) is 26.7 Å². The van der Waals surface area contributed by atoms with Crippen LogP contribution in [0, 0.1) is 10.8 Å². The fourth-order valence-corrected chi connectivity index (χ4v) is 5.14. The van der Waals surface area contributed by atoms with Gasteiger partial charge in [0.15, 0.2) is 0 Å². The molecule has 1 aliphatic carbocycles. The molecule has 1 unspecified atom stereocenters. The molecule has 5 heteroatoms. The minimum Gasteiger partial charge on any atom is -0.497 e. The zero-order valence-corrected chi connectivity index (χ0v) is 17.7. The number of hydrogen-bond donors (Lipinski definition) is 0. The molecule has 1 atom stereocenters. The highest BCUT2D eigenvalue weighted by molar-refractivity contribution is 5.83. The maximum atomic E-state index is 13.1. The summed E-state index contributed by atoms with van der Waals surface area (Å²) in [6.07, 6.45) is 9.59. The standard InChI is InChI=1S/C24H32N2O3/c1-23(10-4-3-5-11-23)22(28)25-14-12-24(13-15-25)16-21(27)26(18-24)17-19-6-8-20(29-2)9-7-19/h3-4,6-9H,5,10-18H2,1-2H3. The third-order valence-electron chi connectivity index (χ3n) is 7.16. The van der Waals surface area contributed by atoms with Gasteiger partial charge in [0.05, 0.1) is 12.5 Å². The average Bonchev–Trinajstić information content (AvgIpc) is 3.03. The fourth-order valence-electron chi connectivity index (χ4n) is 5.14. The van der Waals surface area contributed by atoms with Crippen molar-refractivity contribution in [1.29, 1.82) is 0 Å². The van der Waals surface area contributed by atoms with Gasteiger partial charge in [-0.2, -0.15) is 0 Å². The lowest BCUT2D eigenvalue weighted by Gasteiger charge is -2.42. The Morgan fingerprint density at radius 1 is 1.10 bits per heavy atom. The third kappa shape index (κ3) is 4.05. The molecule has 1 spiro atoms. The lowest BCUT2D eigenvalue weighted by atomic mass is 9.74. The summed E-state index contributed by atoms with van der Waals surface area (Å²) in [4.78, 5) is 29.9. The van der Waals surface area contributed by atoms with Gasteiger partial charge in [-0.3, -0.25) is 9.59 Å². The van der Waals surface area contributed by atoms with Crippen molar-refractivity contribution < 1.29 is 14.3 Å². The summed E-state index contributed by atoms with van der Waals surface area (Å²) in [5.41, 5.74) is 0.917. The number of allylic oxidation sites excluding steroid dienone is 2. The maximum Gasteiger partial charge on any atom is 0.228 e. The molecule has 1 aromatic carbocycles. The van der Waals surface area contributed by atoms with Crippen LogP contribution in [0.2, 0.25) is 0 Å². The van der Waals surface area contributed by atoms with Gasteiger partial charge in [0.1, 0.15) is 5.75 Å². The topological polar surface area (TPSA) is 49.9 Å². The van der Waals surface area contributed by atoms with Crippen LogP contribution >= 0.6 is 0 Å². The van der Waals surface area contributed by atoms with E-state index in [2.05, 4.69) is 24.0 Å². The molecular formula is C24H32N2O3. The first-order chi connectivity index (χ1) is 13.9. The second-order valence-corrected chi connectivity index (χ2v) is 9.34. The van der Waals surface area contributed by atoms with E-state index < -0.39 is 0 Å². The lowest BCUT2D eigenvalue weighted by molar-refractivity contribution is -0.144. The highest BCUT2D eigenvalue weighted by Gasteiger charge is 2.47. The summed E-state index contributed by atoms with van der Waals surface area (Å²) >= 11 is 0. The Kier molecular flexibility index (Phi) is 5.41. The van der Waals surface area contributed by atoms with Gasteiger partial charge in [0, 0.05) is 38.0 Å². The first kappa shape index (κ1) is 20.0. The number of amides is 2. The summed E-state index contributed by atoms with van der Waals surface area (Å²) in [6, 6.07) is 7.93. The molecular weight excluding hydrogens is 364 g/mol. The zero-order valence-electron chi connectivity index (χ0n) is 17.7. The number of rotatable bonds is 4. The molecule has 2 saturated heterocycles. The van der Waals surface area contributed by atoms with Crippen LogP contribution < -0.4 is 4.74 Å². The number of benzene rings is 1. The summed E-state index contributed by atoms with van der Waals surface area (Å²) in [5.74, 6) is 1.37. The molecule has 2 fully saturated rings. The van der Waals surface area contributed by atoms with Crippen LogP contribution in [0.25, 0.3) is 0 Å². The second kappa shape index (κ2) is 7.85. The van der Waals surface area contributed by atoms with E-state index in [0.29, 0.717) is 18.9 Å². The number of carbonyl (C=O) groups excluding carboxylic acids is 2. The van der Waals surface area contributed by atoms with Crippen LogP contribution in [-0.4, -0.2) is 48.4 Å². The number of likely N-dealkylation sites (tertiary alicyclic amines) is 2. The van der Waals surface area contributed by atoms with Gasteiger partial charge in [0.2, 0.25) is 11.8 Å². The molecule has 1 aromatic rings. The molecule has 5 nitrogen and oxygen atoms in total. The SMILES string of the molecule is COc1ccc(CN2CC3(CCN(C(=O)C4(C)CC=CCC4)CC3)CC2=O)cc1. The Balaban J connectivity index is 1.35. The van der Waals surface area contributed by atoms with Gasteiger partial charge in [0.25, 0.3) is 0 Å². The molecule has 2 heterocycles. The van der Waals surface area contributed by atoms with E-state index in [9.17, 15) is 9.59 Å². The molecule has 0 saturated carbocycles. The normalized spacial score (nSPS) is 26.2. The van der Waals surface area contributed by atoms with E-state index in [4.69, 9.17) is 4.74 Å². The molecule has 0 aromatic heterocycles. The van der Waals surface area contributed by atoms with Gasteiger partial charge in [-0.15, -0.1) is 0 Å². The van der Waals surface area contributed by atoms with Crippen molar-refractivity contribution >= 4 is 11.8 Å². The van der Waals surface area contributed by atoms with Gasteiger partial charge in [-0.25, -0.2) is 0 Å². The van der Waals surface area contributed by atoms with Crippen molar-refractivity contribution in [3.8, 4) is 5.75 Å². The number of piperidine rings is 1. The predicted molar refractivity (Wildman–Crippen MR) is 112 cm³/mol. The summed E-state index contributed by atoms with van der Waals surface area (Å²) in [6.45, 7) is 5.13. The second-order valence-electron chi connectivity index (χ2n) is 9.34. The fraction of sp³-hybridized carbons (Fsp3) is 0.583. The van der Waals surface area contributed by atoms with Crippen molar-refractivity contribution in [2.45, 2.75) is 52.0 Å². The summed E-state index contributed by atoms with van der Waals surface area (Å²) < 4.78 is 5.21. The van der Waals surface area contributed by atoms with Crippen LogP contribution in [0.1, 0.15) is 51.0 Å². The zero-order chi connectivity index (χ0) is 20.5. The first-order valence-electron chi connectivity index (χ1n) is 10.8. The Labute approximate surface area is 173 Å². The van der Waals surface area contributed by atoms with Crippen molar-refractivity contribution in [2.24, 2.45) is 10.8 Å². The van der Waals surface area contributed by atoms with Crippen molar-refractivity contribution in [1.82, 2.24) is 9.80 Å². The largest absolute Gasteiger partial charge is 0.497 e. The number of ether oxygens (including phenoxy) is 1. The van der Waals surface area contributed by atoms with Crippen molar-refractivity contribution in [3.63, 3.8) is 0 Å². The molecule has 29 heavy (non-hydrogen) atoms. The monoisotopic (exact) mass is 396 g/mol. The number of methoxy groups -OCH3 is 1. The third-order valence-corrected chi connectivity index (χ3v) is 7.16. The molecule has 156 valence electrons. The van der Waals surface area contributed by atoms with Gasteiger partial charge in [-0.05, 0) is 49.8 Å².